The van der Waals surface area contributed by atoms with E-state index in [1.165, 1.54) is 5.56 Å². The topological polar surface area (TPSA) is 38.2 Å². The van der Waals surface area contributed by atoms with Crippen molar-refractivity contribution < 1.29 is 4.74 Å². The second-order valence-electron chi connectivity index (χ2n) is 6.49. The van der Waals surface area contributed by atoms with Crippen LogP contribution >= 0.6 is 0 Å². The number of pyridine rings is 2. The number of aromatic nitrogens is 2. The summed E-state index contributed by atoms with van der Waals surface area (Å²) in [6, 6.07) is 10.1. The second kappa shape index (κ2) is 8.04. The first kappa shape index (κ1) is 18.6. The van der Waals surface area contributed by atoms with Crippen molar-refractivity contribution >= 4 is 16.6 Å². The first-order valence-electron chi connectivity index (χ1n) is 9.03. The summed E-state index contributed by atoms with van der Waals surface area (Å²) >= 11 is 0. The molecule has 0 N–H and O–H groups in total. The van der Waals surface area contributed by atoms with Gasteiger partial charge in [0.15, 0.2) is 0 Å². The Morgan fingerprint density at radius 2 is 2.00 bits per heavy atom. The van der Waals surface area contributed by atoms with Crippen LogP contribution in [-0.2, 0) is 6.61 Å². The highest BCUT2D eigenvalue weighted by Crippen LogP contribution is 2.33. The van der Waals surface area contributed by atoms with Crippen LogP contribution < -0.4 is 9.64 Å². The second-order valence-corrected chi connectivity index (χ2v) is 6.49. The van der Waals surface area contributed by atoms with Crippen molar-refractivity contribution in [1.29, 1.82) is 0 Å². The van der Waals surface area contributed by atoms with Gasteiger partial charge in [0.05, 0.1) is 5.69 Å². The Labute approximate surface area is 160 Å². The lowest BCUT2D eigenvalue weighted by atomic mass is 10.1. The van der Waals surface area contributed by atoms with Crippen molar-refractivity contribution in [2.24, 2.45) is 0 Å². The van der Waals surface area contributed by atoms with E-state index in [1.54, 1.807) is 6.20 Å². The normalized spacial score (nSPS) is 11.1. The molecule has 0 saturated heterocycles. The highest BCUT2D eigenvalue weighted by Gasteiger charge is 2.13. The summed E-state index contributed by atoms with van der Waals surface area (Å²) in [6.45, 7) is 12.5. The highest BCUT2D eigenvalue weighted by atomic mass is 16.5. The summed E-state index contributed by atoms with van der Waals surface area (Å²) in [5.41, 5.74) is 6.10. The number of aryl methyl sites for hydroxylation is 3. The molecule has 0 aliphatic carbocycles. The van der Waals surface area contributed by atoms with E-state index in [2.05, 4.69) is 30.6 Å². The molecule has 0 aliphatic rings. The lowest BCUT2D eigenvalue weighted by Crippen LogP contribution is -2.08. The van der Waals surface area contributed by atoms with Gasteiger partial charge in [0, 0.05) is 40.9 Å². The van der Waals surface area contributed by atoms with E-state index in [0.717, 1.165) is 39.3 Å². The predicted octanol–water partition coefficient (Wildman–Crippen LogP) is 5.62. The zero-order valence-corrected chi connectivity index (χ0v) is 16.4. The van der Waals surface area contributed by atoms with Gasteiger partial charge in [-0.2, -0.15) is 0 Å². The van der Waals surface area contributed by atoms with Gasteiger partial charge >= 0.3 is 0 Å². The fourth-order valence-electron chi connectivity index (χ4n) is 3.15. The van der Waals surface area contributed by atoms with Crippen LogP contribution in [0.2, 0.25) is 0 Å². The molecular weight excluding hydrogens is 334 g/mol. The SMILES string of the molecule is C=CN(/C=C\C)c1cc(C)nc2c(OCc3c(C)ccnc3C)cccc12. The van der Waals surface area contributed by atoms with Crippen LogP contribution in [0.5, 0.6) is 5.75 Å². The summed E-state index contributed by atoms with van der Waals surface area (Å²) < 4.78 is 6.19. The van der Waals surface area contributed by atoms with E-state index in [-0.39, 0.29) is 0 Å². The Hall–Kier alpha value is -3.14. The van der Waals surface area contributed by atoms with Crippen molar-refractivity contribution in [2.45, 2.75) is 34.3 Å². The Kier molecular flexibility index (Phi) is 5.55. The van der Waals surface area contributed by atoms with E-state index in [1.807, 2.05) is 62.3 Å². The first-order chi connectivity index (χ1) is 13.0. The molecule has 0 bridgehead atoms. The van der Waals surface area contributed by atoms with E-state index < -0.39 is 0 Å². The van der Waals surface area contributed by atoms with Gasteiger partial charge in [-0.1, -0.05) is 24.8 Å². The zero-order chi connectivity index (χ0) is 19.4. The summed E-state index contributed by atoms with van der Waals surface area (Å²) in [6.07, 6.45) is 7.59. The molecule has 3 aromatic rings. The average Bonchev–Trinajstić information content (AvgIpc) is 2.65. The molecule has 1 aromatic carbocycles. The van der Waals surface area contributed by atoms with E-state index in [0.29, 0.717) is 6.61 Å². The smallest absolute Gasteiger partial charge is 0.146 e. The summed E-state index contributed by atoms with van der Waals surface area (Å²) in [7, 11) is 0. The highest BCUT2D eigenvalue weighted by molar-refractivity contribution is 5.96. The van der Waals surface area contributed by atoms with E-state index in [4.69, 9.17) is 9.72 Å². The lowest BCUT2D eigenvalue weighted by Gasteiger charge is -2.19. The number of para-hydroxylation sites is 1. The molecule has 2 heterocycles. The third-order valence-corrected chi connectivity index (χ3v) is 4.57. The van der Waals surface area contributed by atoms with Crippen LogP contribution in [0.4, 0.5) is 5.69 Å². The van der Waals surface area contributed by atoms with E-state index in [9.17, 15) is 0 Å². The third kappa shape index (κ3) is 3.85. The third-order valence-electron chi connectivity index (χ3n) is 4.57. The molecule has 3 rings (SSSR count). The maximum atomic E-state index is 6.19. The van der Waals surface area contributed by atoms with Gasteiger partial charge in [0.1, 0.15) is 17.9 Å². The Balaban J connectivity index is 2.05. The van der Waals surface area contributed by atoms with Crippen LogP contribution in [0.1, 0.15) is 29.4 Å². The molecule has 138 valence electrons. The van der Waals surface area contributed by atoms with Crippen LogP contribution in [0.15, 0.2) is 61.6 Å². The fourth-order valence-corrected chi connectivity index (χ4v) is 3.15. The molecule has 4 nitrogen and oxygen atoms in total. The molecule has 0 saturated carbocycles. The maximum Gasteiger partial charge on any atom is 0.146 e. The molecule has 0 atom stereocenters. The Morgan fingerprint density at radius 1 is 1.19 bits per heavy atom. The number of hydrogen-bond donors (Lipinski definition) is 0. The maximum absolute atomic E-state index is 6.19. The van der Waals surface area contributed by atoms with Crippen LogP contribution in [0, 0.1) is 20.8 Å². The summed E-state index contributed by atoms with van der Waals surface area (Å²) in [5, 5.41) is 1.02. The van der Waals surface area contributed by atoms with Gasteiger partial charge in [-0.15, -0.1) is 0 Å². The number of allylic oxidation sites excluding steroid dienone is 1. The van der Waals surface area contributed by atoms with Gasteiger partial charge in [-0.25, -0.2) is 4.98 Å². The number of nitrogens with zero attached hydrogens (tertiary/aromatic N) is 3. The largest absolute Gasteiger partial charge is 0.487 e. The summed E-state index contributed by atoms with van der Waals surface area (Å²) in [5.74, 6) is 0.768. The minimum absolute atomic E-state index is 0.468. The van der Waals surface area contributed by atoms with Gasteiger partial charge < -0.3 is 9.64 Å². The van der Waals surface area contributed by atoms with Crippen molar-refractivity contribution in [3.63, 3.8) is 0 Å². The summed E-state index contributed by atoms with van der Waals surface area (Å²) in [4.78, 5) is 11.1. The minimum atomic E-state index is 0.468. The fraction of sp³-hybridized carbons (Fsp3) is 0.217. The Bertz CT molecular complexity index is 988. The number of ether oxygens (including phenoxy) is 1. The van der Waals surface area contributed by atoms with E-state index >= 15 is 0 Å². The molecule has 0 aliphatic heterocycles. The molecule has 0 amide bonds. The average molecular weight is 359 g/mol. The molecule has 0 spiro atoms. The Morgan fingerprint density at radius 3 is 2.70 bits per heavy atom. The van der Waals surface area contributed by atoms with Gasteiger partial charge in [0.25, 0.3) is 0 Å². The quantitative estimate of drug-likeness (QED) is 0.573. The van der Waals surface area contributed by atoms with Crippen LogP contribution in [0.3, 0.4) is 0 Å². The predicted molar refractivity (Wildman–Crippen MR) is 112 cm³/mol. The van der Waals surface area contributed by atoms with Crippen molar-refractivity contribution in [1.82, 2.24) is 9.97 Å². The monoisotopic (exact) mass is 359 g/mol. The van der Waals surface area contributed by atoms with Crippen LogP contribution in [-0.4, -0.2) is 9.97 Å². The number of anilines is 1. The number of hydrogen-bond acceptors (Lipinski definition) is 4. The van der Waals surface area contributed by atoms with Crippen molar-refractivity contribution in [2.75, 3.05) is 4.90 Å². The first-order valence-corrected chi connectivity index (χ1v) is 9.03. The molecule has 27 heavy (non-hydrogen) atoms. The standard InChI is InChI=1S/C23H25N3O/c1-6-13-26(7-2)21-14-17(4)25-23-19(21)9-8-10-22(23)27-15-20-16(3)11-12-24-18(20)5/h6-14H,2,15H2,1,3-5H3/b13-6-. The number of fused-ring (bicyclic) bond motifs is 1. The zero-order valence-electron chi connectivity index (χ0n) is 16.4. The molecule has 0 radical (unpaired) electrons. The van der Waals surface area contributed by atoms with Gasteiger partial charge in [0.2, 0.25) is 0 Å². The molecular formula is C23H25N3O. The van der Waals surface area contributed by atoms with Gasteiger partial charge in [-0.3, -0.25) is 4.98 Å². The van der Waals surface area contributed by atoms with Crippen molar-refractivity contribution in [3.05, 3.63) is 84.1 Å². The molecule has 0 unspecified atom stereocenters. The number of rotatable bonds is 6. The molecule has 0 fully saturated rings. The van der Waals surface area contributed by atoms with Crippen molar-refractivity contribution in [3.8, 4) is 5.75 Å². The molecule has 4 heteroatoms. The van der Waals surface area contributed by atoms with Gasteiger partial charge in [-0.05, 0) is 51.5 Å². The number of benzene rings is 1. The lowest BCUT2D eigenvalue weighted by molar-refractivity contribution is 0.307. The van der Waals surface area contributed by atoms with Crippen LogP contribution in [0.25, 0.3) is 10.9 Å². The molecule has 2 aromatic heterocycles. The minimum Gasteiger partial charge on any atom is -0.487 e.